The highest BCUT2D eigenvalue weighted by Gasteiger charge is 2.58. The molecule has 154 valence electrons. The first kappa shape index (κ1) is 18.9. The van der Waals surface area contributed by atoms with E-state index in [0.29, 0.717) is 11.8 Å². The van der Waals surface area contributed by atoms with Gasteiger partial charge in [0, 0.05) is 25.0 Å². The fourth-order valence-corrected chi connectivity index (χ4v) is 5.60. The standard InChI is InChI=1S/C24H30N2O3/c1-16-11-12-19(29-16)13-26-14-20-21(15-26)22(20)25-23(27)24(28,18-9-5-6-10-18)17-7-3-2-4-8-17/h2-4,7-8,11-12,18,20-22,28H,5-6,9-10,13-15H2,1H3,(H,25,27)/t20-,21?,22?,24?/m0/s1. The Bertz CT molecular complexity index is 861. The van der Waals surface area contributed by atoms with Crippen molar-refractivity contribution < 1.29 is 14.3 Å². The summed E-state index contributed by atoms with van der Waals surface area (Å²) in [4.78, 5) is 15.7. The summed E-state index contributed by atoms with van der Waals surface area (Å²) in [6, 6.07) is 13.7. The van der Waals surface area contributed by atoms with Crippen molar-refractivity contribution in [2.45, 2.75) is 50.8 Å². The molecule has 0 spiro atoms. The number of fused-ring (bicyclic) bond motifs is 1. The normalized spacial score (nSPS) is 28.8. The second kappa shape index (κ2) is 7.29. The van der Waals surface area contributed by atoms with Gasteiger partial charge in [-0.25, -0.2) is 0 Å². The van der Waals surface area contributed by atoms with Gasteiger partial charge in [-0.05, 0) is 49.3 Å². The van der Waals surface area contributed by atoms with Crippen LogP contribution in [-0.2, 0) is 16.9 Å². The lowest BCUT2D eigenvalue weighted by atomic mass is 9.79. The number of aryl methyl sites for hydroxylation is 1. The number of nitrogens with one attached hydrogen (secondary N) is 1. The van der Waals surface area contributed by atoms with E-state index in [0.717, 1.165) is 62.4 Å². The molecule has 29 heavy (non-hydrogen) atoms. The second-order valence-electron chi connectivity index (χ2n) is 9.15. The molecule has 2 aliphatic carbocycles. The maximum atomic E-state index is 13.3. The van der Waals surface area contributed by atoms with Crippen LogP contribution in [0.3, 0.4) is 0 Å². The second-order valence-corrected chi connectivity index (χ2v) is 9.15. The van der Waals surface area contributed by atoms with Gasteiger partial charge in [0.1, 0.15) is 11.5 Å². The Morgan fingerprint density at radius 3 is 2.45 bits per heavy atom. The Morgan fingerprint density at radius 2 is 1.83 bits per heavy atom. The van der Waals surface area contributed by atoms with Crippen LogP contribution in [0.5, 0.6) is 0 Å². The Balaban J connectivity index is 1.23. The molecule has 1 aromatic carbocycles. The van der Waals surface area contributed by atoms with Crippen molar-refractivity contribution in [1.29, 1.82) is 0 Å². The van der Waals surface area contributed by atoms with E-state index in [1.165, 1.54) is 0 Å². The molecule has 1 aliphatic heterocycles. The first-order valence-electron chi connectivity index (χ1n) is 10.9. The molecule has 0 radical (unpaired) electrons. The summed E-state index contributed by atoms with van der Waals surface area (Å²) in [6.07, 6.45) is 3.99. The number of aliphatic hydroxyl groups is 1. The highest BCUT2D eigenvalue weighted by Crippen LogP contribution is 2.47. The Hall–Kier alpha value is -2.11. The predicted octanol–water partition coefficient (Wildman–Crippen LogP) is 3.21. The first-order chi connectivity index (χ1) is 14.1. The third kappa shape index (κ3) is 3.40. The van der Waals surface area contributed by atoms with Gasteiger partial charge in [0.2, 0.25) is 0 Å². The topological polar surface area (TPSA) is 65.7 Å². The van der Waals surface area contributed by atoms with Gasteiger partial charge in [-0.3, -0.25) is 9.69 Å². The summed E-state index contributed by atoms with van der Waals surface area (Å²) in [6.45, 7) is 4.75. The molecule has 4 atom stereocenters. The van der Waals surface area contributed by atoms with Crippen LogP contribution in [0.15, 0.2) is 46.9 Å². The maximum absolute atomic E-state index is 13.3. The molecule has 3 fully saturated rings. The van der Waals surface area contributed by atoms with Crippen LogP contribution >= 0.6 is 0 Å². The number of nitrogens with zero attached hydrogens (tertiary/aromatic N) is 1. The highest BCUT2D eigenvalue weighted by atomic mass is 16.3. The van der Waals surface area contributed by atoms with Crippen molar-refractivity contribution in [3.63, 3.8) is 0 Å². The SMILES string of the molecule is Cc1ccc(CN2CC3C(NC(=O)C(O)(c4ccccc4)C4CCCC4)[C@H]3C2)o1. The number of rotatable bonds is 6. The Kier molecular flexibility index (Phi) is 4.75. The minimum Gasteiger partial charge on any atom is -0.465 e. The number of hydrogen-bond donors (Lipinski definition) is 2. The zero-order chi connectivity index (χ0) is 20.0. The molecule has 0 bridgehead atoms. The molecule has 2 N–H and O–H groups in total. The number of likely N-dealkylation sites (tertiary alicyclic amines) is 1. The van der Waals surface area contributed by atoms with Crippen LogP contribution in [-0.4, -0.2) is 35.0 Å². The summed E-state index contributed by atoms with van der Waals surface area (Å²) in [5.41, 5.74) is -0.690. The quantitative estimate of drug-likeness (QED) is 0.790. The van der Waals surface area contributed by atoms with Crippen LogP contribution in [0, 0.1) is 24.7 Å². The van der Waals surface area contributed by atoms with E-state index in [9.17, 15) is 9.90 Å². The zero-order valence-electron chi connectivity index (χ0n) is 17.0. The number of amides is 1. The summed E-state index contributed by atoms with van der Waals surface area (Å²) in [5.74, 6) is 2.72. The predicted molar refractivity (Wildman–Crippen MR) is 110 cm³/mol. The van der Waals surface area contributed by atoms with E-state index in [2.05, 4.69) is 10.2 Å². The first-order valence-corrected chi connectivity index (χ1v) is 10.9. The molecular weight excluding hydrogens is 364 g/mol. The minimum atomic E-state index is -1.42. The fourth-order valence-electron chi connectivity index (χ4n) is 5.60. The van der Waals surface area contributed by atoms with Crippen LogP contribution in [0.2, 0.25) is 0 Å². The molecule has 1 aromatic heterocycles. The summed E-state index contributed by atoms with van der Waals surface area (Å²) < 4.78 is 5.69. The summed E-state index contributed by atoms with van der Waals surface area (Å²) in [5, 5.41) is 14.8. The molecular formula is C24H30N2O3. The van der Waals surface area contributed by atoms with E-state index in [4.69, 9.17) is 4.42 Å². The average molecular weight is 395 g/mol. The van der Waals surface area contributed by atoms with E-state index in [-0.39, 0.29) is 17.9 Å². The van der Waals surface area contributed by atoms with Crippen LogP contribution < -0.4 is 5.32 Å². The molecule has 3 aliphatic rings. The molecule has 5 heteroatoms. The third-order valence-corrected chi connectivity index (χ3v) is 7.25. The number of furan rings is 1. The van der Waals surface area contributed by atoms with Gasteiger partial charge in [-0.1, -0.05) is 43.2 Å². The number of carbonyl (C=O) groups is 1. The van der Waals surface area contributed by atoms with Gasteiger partial charge in [0.25, 0.3) is 5.91 Å². The van der Waals surface area contributed by atoms with E-state index in [1.807, 2.05) is 49.4 Å². The third-order valence-electron chi connectivity index (χ3n) is 7.25. The van der Waals surface area contributed by atoms with Crippen molar-refractivity contribution >= 4 is 5.91 Å². The average Bonchev–Trinajstić information content (AvgIpc) is 3.25. The zero-order valence-corrected chi connectivity index (χ0v) is 17.0. The van der Waals surface area contributed by atoms with Gasteiger partial charge < -0.3 is 14.8 Å². The molecule has 3 unspecified atom stereocenters. The van der Waals surface area contributed by atoms with E-state index < -0.39 is 5.60 Å². The summed E-state index contributed by atoms with van der Waals surface area (Å²) >= 11 is 0. The highest BCUT2D eigenvalue weighted by molar-refractivity contribution is 5.87. The number of piperidine rings is 1. The molecule has 1 amide bonds. The van der Waals surface area contributed by atoms with Crippen molar-refractivity contribution in [3.05, 3.63) is 59.5 Å². The lowest BCUT2D eigenvalue weighted by Crippen LogP contribution is -2.50. The van der Waals surface area contributed by atoms with E-state index in [1.54, 1.807) is 0 Å². The van der Waals surface area contributed by atoms with Gasteiger partial charge >= 0.3 is 0 Å². The molecule has 1 saturated heterocycles. The summed E-state index contributed by atoms with van der Waals surface area (Å²) in [7, 11) is 0. The Morgan fingerprint density at radius 1 is 1.14 bits per heavy atom. The smallest absolute Gasteiger partial charge is 0.257 e. The van der Waals surface area contributed by atoms with Crippen LogP contribution in [0.1, 0.15) is 42.8 Å². The molecule has 2 saturated carbocycles. The lowest BCUT2D eigenvalue weighted by Gasteiger charge is -2.33. The maximum Gasteiger partial charge on any atom is 0.257 e. The largest absolute Gasteiger partial charge is 0.465 e. The van der Waals surface area contributed by atoms with Gasteiger partial charge in [0.15, 0.2) is 5.60 Å². The lowest BCUT2D eigenvalue weighted by molar-refractivity contribution is -0.147. The van der Waals surface area contributed by atoms with Gasteiger partial charge in [-0.15, -0.1) is 0 Å². The fraction of sp³-hybridized carbons (Fsp3) is 0.542. The monoisotopic (exact) mass is 394 g/mol. The van der Waals surface area contributed by atoms with Crippen molar-refractivity contribution in [1.82, 2.24) is 10.2 Å². The number of benzene rings is 1. The molecule has 2 heterocycles. The van der Waals surface area contributed by atoms with Gasteiger partial charge in [0.05, 0.1) is 6.54 Å². The molecule has 2 aromatic rings. The van der Waals surface area contributed by atoms with Crippen molar-refractivity contribution in [2.24, 2.45) is 17.8 Å². The Labute approximate surface area is 172 Å². The number of hydrogen-bond acceptors (Lipinski definition) is 4. The number of carbonyl (C=O) groups excluding carboxylic acids is 1. The van der Waals surface area contributed by atoms with Crippen LogP contribution in [0.25, 0.3) is 0 Å². The van der Waals surface area contributed by atoms with Crippen molar-refractivity contribution in [2.75, 3.05) is 13.1 Å². The molecule has 5 rings (SSSR count). The van der Waals surface area contributed by atoms with Crippen LogP contribution in [0.4, 0.5) is 0 Å². The van der Waals surface area contributed by atoms with Crippen molar-refractivity contribution in [3.8, 4) is 0 Å². The van der Waals surface area contributed by atoms with Gasteiger partial charge in [-0.2, -0.15) is 0 Å². The minimum absolute atomic E-state index is 0.00202. The molecule has 5 nitrogen and oxygen atoms in total. The van der Waals surface area contributed by atoms with E-state index >= 15 is 0 Å².